The highest BCUT2D eigenvalue weighted by atomic mass is 32.2. The summed E-state index contributed by atoms with van der Waals surface area (Å²) in [4.78, 5) is 0.124. The molecule has 0 aromatic heterocycles. The van der Waals surface area contributed by atoms with Crippen molar-refractivity contribution in [3.8, 4) is 5.75 Å². The number of para-hydroxylation sites is 2. The molecule has 0 atom stereocenters. The maximum atomic E-state index is 11.8. The van der Waals surface area contributed by atoms with Crippen LogP contribution in [0.15, 0.2) is 59.5 Å². The molecule has 2 N–H and O–H groups in total. The maximum absolute atomic E-state index is 11.8. The van der Waals surface area contributed by atoms with Crippen molar-refractivity contribution < 1.29 is 17.3 Å². The van der Waals surface area contributed by atoms with Gasteiger partial charge < -0.3 is 10.5 Å². The standard InChI is InChI=1S/C14H15NO4S/c15-13-8-4-5-9-14(13)18-10-11-19-20(16,17)12-6-2-1-3-7-12/h1-9H,10-11,15H2. The minimum absolute atomic E-state index is 0.0778. The van der Waals surface area contributed by atoms with Crippen LogP contribution in [0, 0.1) is 0 Å². The van der Waals surface area contributed by atoms with Gasteiger partial charge >= 0.3 is 0 Å². The molecule has 0 amide bonds. The Hall–Kier alpha value is -2.05. The average Bonchev–Trinajstić information content (AvgIpc) is 2.46. The smallest absolute Gasteiger partial charge is 0.297 e. The molecule has 0 heterocycles. The summed E-state index contributed by atoms with van der Waals surface area (Å²) in [6, 6.07) is 15.0. The molecule has 0 saturated carbocycles. The molecule has 0 radical (unpaired) electrons. The quantitative estimate of drug-likeness (QED) is 0.501. The van der Waals surface area contributed by atoms with Crippen molar-refractivity contribution in [3.63, 3.8) is 0 Å². The third-order valence-electron chi connectivity index (χ3n) is 2.53. The SMILES string of the molecule is Nc1ccccc1OCCOS(=O)(=O)c1ccccc1. The molecule has 0 aliphatic rings. The summed E-state index contributed by atoms with van der Waals surface area (Å²) in [6.45, 7) is 0.0197. The van der Waals surface area contributed by atoms with Crippen LogP contribution in [0.1, 0.15) is 0 Å². The fourth-order valence-electron chi connectivity index (χ4n) is 1.56. The van der Waals surface area contributed by atoms with Gasteiger partial charge in [-0.25, -0.2) is 0 Å². The molecule has 0 spiro atoms. The first-order chi connectivity index (χ1) is 9.59. The van der Waals surface area contributed by atoms with Gasteiger partial charge in [0.1, 0.15) is 19.0 Å². The lowest BCUT2D eigenvalue weighted by Crippen LogP contribution is -2.13. The second-order valence-corrected chi connectivity index (χ2v) is 5.59. The Balaban J connectivity index is 1.86. The molecule has 2 aromatic carbocycles. The van der Waals surface area contributed by atoms with Gasteiger partial charge in [-0.2, -0.15) is 8.42 Å². The van der Waals surface area contributed by atoms with Gasteiger partial charge in [-0.1, -0.05) is 30.3 Å². The van der Waals surface area contributed by atoms with Gasteiger partial charge in [0.25, 0.3) is 10.1 Å². The van der Waals surface area contributed by atoms with E-state index in [0.717, 1.165) is 0 Å². The Morgan fingerprint density at radius 1 is 0.900 bits per heavy atom. The zero-order valence-corrected chi connectivity index (χ0v) is 11.5. The lowest BCUT2D eigenvalue weighted by molar-refractivity contribution is 0.222. The second kappa shape index (κ2) is 6.40. The lowest BCUT2D eigenvalue weighted by atomic mass is 10.3. The highest BCUT2D eigenvalue weighted by Gasteiger charge is 2.14. The van der Waals surface area contributed by atoms with E-state index in [1.807, 2.05) is 0 Å². The zero-order valence-electron chi connectivity index (χ0n) is 10.7. The summed E-state index contributed by atoms with van der Waals surface area (Å²) < 4.78 is 33.9. The van der Waals surface area contributed by atoms with E-state index in [1.165, 1.54) is 12.1 Å². The van der Waals surface area contributed by atoms with Gasteiger partial charge in [-0.15, -0.1) is 0 Å². The van der Waals surface area contributed by atoms with Gasteiger partial charge in [0.15, 0.2) is 0 Å². The molecule has 0 saturated heterocycles. The number of nitrogens with two attached hydrogens (primary N) is 1. The van der Waals surface area contributed by atoms with Crippen LogP contribution in [-0.4, -0.2) is 21.6 Å². The topological polar surface area (TPSA) is 78.6 Å². The van der Waals surface area contributed by atoms with Crippen LogP contribution in [0.3, 0.4) is 0 Å². The normalized spacial score (nSPS) is 11.2. The number of hydrogen-bond donors (Lipinski definition) is 1. The molecule has 20 heavy (non-hydrogen) atoms. The molecule has 0 fully saturated rings. The number of benzene rings is 2. The van der Waals surface area contributed by atoms with Crippen molar-refractivity contribution in [1.82, 2.24) is 0 Å². The second-order valence-electron chi connectivity index (χ2n) is 3.98. The van der Waals surface area contributed by atoms with Gasteiger partial charge in [0.05, 0.1) is 10.6 Å². The monoisotopic (exact) mass is 293 g/mol. The van der Waals surface area contributed by atoms with Crippen molar-refractivity contribution in [3.05, 3.63) is 54.6 Å². The number of anilines is 1. The molecule has 0 aliphatic heterocycles. The van der Waals surface area contributed by atoms with Crippen molar-refractivity contribution in [1.29, 1.82) is 0 Å². The highest BCUT2D eigenvalue weighted by Crippen LogP contribution is 2.19. The zero-order chi connectivity index (χ0) is 14.4. The van der Waals surface area contributed by atoms with E-state index in [0.29, 0.717) is 11.4 Å². The van der Waals surface area contributed by atoms with E-state index in [9.17, 15) is 8.42 Å². The third kappa shape index (κ3) is 3.72. The highest BCUT2D eigenvalue weighted by molar-refractivity contribution is 7.86. The Morgan fingerprint density at radius 2 is 1.55 bits per heavy atom. The molecule has 2 rings (SSSR count). The van der Waals surface area contributed by atoms with E-state index in [2.05, 4.69) is 0 Å². The predicted octanol–water partition coefficient (Wildman–Crippen LogP) is 2.05. The summed E-state index contributed by atoms with van der Waals surface area (Å²) in [5, 5.41) is 0. The van der Waals surface area contributed by atoms with Crippen LogP contribution >= 0.6 is 0 Å². The minimum Gasteiger partial charge on any atom is -0.489 e. The Labute approximate surface area is 118 Å². The molecule has 0 bridgehead atoms. The molecular formula is C14H15NO4S. The van der Waals surface area contributed by atoms with Crippen molar-refractivity contribution in [2.24, 2.45) is 0 Å². The van der Waals surface area contributed by atoms with Gasteiger partial charge in [0, 0.05) is 0 Å². The fourth-order valence-corrected chi connectivity index (χ4v) is 2.48. The number of nitrogen functional groups attached to an aromatic ring is 1. The van der Waals surface area contributed by atoms with E-state index in [-0.39, 0.29) is 18.1 Å². The average molecular weight is 293 g/mol. The van der Waals surface area contributed by atoms with Crippen LogP contribution in [0.25, 0.3) is 0 Å². The fraction of sp³-hybridized carbons (Fsp3) is 0.143. The molecule has 106 valence electrons. The summed E-state index contributed by atoms with van der Waals surface area (Å²) in [5.41, 5.74) is 6.19. The number of ether oxygens (including phenoxy) is 1. The molecule has 2 aromatic rings. The summed E-state index contributed by atoms with van der Waals surface area (Å²) in [6.07, 6.45) is 0. The number of rotatable bonds is 6. The molecule has 5 nitrogen and oxygen atoms in total. The van der Waals surface area contributed by atoms with Crippen LogP contribution in [0.5, 0.6) is 5.75 Å². The first-order valence-electron chi connectivity index (χ1n) is 6.01. The van der Waals surface area contributed by atoms with Gasteiger partial charge in [-0.05, 0) is 24.3 Å². The van der Waals surface area contributed by atoms with E-state index in [1.54, 1.807) is 42.5 Å². The largest absolute Gasteiger partial charge is 0.489 e. The van der Waals surface area contributed by atoms with Gasteiger partial charge in [-0.3, -0.25) is 4.18 Å². The predicted molar refractivity (Wildman–Crippen MR) is 75.9 cm³/mol. The van der Waals surface area contributed by atoms with Crippen LogP contribution in [0.2, 0.25) is 0 Å². The maximum Gasteiger partial charge on any atom is 0.297 e. The molecule has 0 aliphatic carbocycles. The molecule has 6 heteroatoms. The van der Waals surface area contributed by atoms with Crippen LogP contribution in [-0.2, 0) is 14.3 Å². The third-order valence-corrected chi connectivity index (χ3v) is 3.86. The van der Waals surface area contributed by atoms with Crippen LogP contribution < -0.4 is 10.5 Å². The molecular weight excluding hydrogens is 278 g/mol. The van der Waals surface area contributed by atoms with E-state index < -0.39 is 10.1 Å². The Bertz CT molecular complexity index is 656. The van der Waals surface area contributed by atoms with Crippen molar-refractivity contribution >= 4 is 15.8 Å². The van der Waals surface area contributed by atoms with Crippen LogP contribution in [0.4, 0.5) is 5.69 Å². The first kappa shape index (κ1) is 14.4. The lowest BCUT2D eigenvalue weighted by Gasteiger charge is -2.09. The first-order valence-corrected chi connectivity index (χ1v) is 7.42. The van der Waals surface area contributed by atoms with Gasteiger partial charge in [0.2, 0.25) is 0 Å². The van der Waals surface area contributed by atoms with E-state index in [4.69, 9.17) is 14.7 Å². The summed E-state index contributed by atoms with van der Waals surface area (Å²) >= 11 is 0. The summed E-state index contributed by atoms with van der Waals surface area (Å²) in [5.74, 6) is 0.508. The Kier molecular flexibility index (Phi) is 4.60. The Morgan fingerprint density at radius 3 is 2.25 bits per heavy atom. The minimum atomic E-state index is -3.74. The van der Waals surface area contributed by atoms with Crippen molar-refractivity contribution in [2.45, 2.75) is 4.90 Å². The van der Waals surface area contributed by atoms with E-state index >= 15 is 0 Å². The number of hydrogen-bond acceptors (Lipinski definition) is 5. The molecule has 0 unspecified atom stereocenters. The van der Waals surface area contributed by atoms with Crippen molar-refractivity contribution in [2.75, 3.05) is 18.9 Å². The summed E-state index contributed by atoms with van der Waals surface area (Å²) in [7, 11) is -3.74.